The summed E-state index contributed by atoms with van der Waals surface area (Å²) in [6.45, 7) is 4.11. The van der Waals surface area contributed by atoms with Crippen molar-refractivity contribution in [2.75, 3.05) is 6.54 Å². The number of rotatable bonds is 5. The van der Waals surface area contributed by atoms with Gasteiger partial charge in [-0.05, 0) is 52.8 Å². The van der Waals surface area contributed by atoms with Crippen LogP contribution in [-0.2, 0) is 13.0 Å². The summed E-state index contributed by atoms with van der Waals surface area (Å²) in [6.07, 6.45) is 1.09. The molecule has 0 aliphatic heterocycles. The van der Waals surface area contributed by atoms with Crippen molar-refractivity contribution in [2.24, 2.45) is 0 Å². The van der Waals surface area contributed by atoms with Gasteiger partial charge in [-0.3, -0.25) is 0 Å². The van der Waals surface area contributed by atoms with Crippen molar-refractivity contribution in [3.05, 3.63) is 56.2 Å². The van der Waals surface area contributed by atoms with Crippen molar-refractivity contribution in [3.63, 3.8) is 0 Å². The molecule has 0 aliphatic carbocycles. The molecule has 0 bridgehead atoms. The van der Waals surface area contributed by atoms with E-state index in [1.165, 1.54) is 20.5 Å². The first kappa shape index (κ1) is 12.8. The van der Waals surface area contributed by atoms with Crippen LogP contribution in [0.2, 0.25) is 0 Å². The molecule has 0 saturated carbocycles. The highest BCUT2D eigenvalue weighted by molar-refractivity contribution is 9.10. The molecule has 0 aliphatic rings. The SMILES string of the molecule is Cc1cccc(CCNCc2sccc2Br)c1. The third-order valence-corrected chi connectivity index (χ3v) is 4.58. The molecule has 1 N–H and O–H groups in total. The molecule has 0 amide bonds. The van der Waals surface area contributed by atoms with Crippen LogP contribution in [0, 0.1) is 6.92 Å². The molecule has 2 aromatic rings. The fourth-order valence-electron chi connectivity index (χ4n) is 1.75. The molecule has 17 heavy (non-hydrogen) atoms. The van der Waals surface area contributed by atoms with E-state index in [9.17, 15) is 0 Å². The fourth-order valence-corrected chi connectivity index (χ4v) is 3.22. The van der Waals surface area contributed by atoms with Crippen LogP contribution in [0.4, 0.5) is 0 Å². The zero-order valence-corrected chi connectivity index (χ0v) is 12.3. The smallest absolute Gasteiger partial charge is 0.0327 e. The Morgan fingerprint density at radius 1 is 1.29 bits per heavy atom. The van der Waals surface area contributed by atoms with Crippen molar-refractivity contribution >= 4 is 27.3 Å². The lowest BCUT2D eigenvalue weighted by atomic mass is 10.1. The third kappa shape index (κ3) is 3.95. The van der Waals surface area contributed by atoms with Gasteiger partial charge in [0.2, 0.25) is 0 Å². The van der Waals surface area contributed by atoms with Crippen LogP contribution in [0.25, 0.3) is 0 Å². The van der Waals surface area contributed by atoms with E-state index >= 15 is 0 Å². The highest BCUT2D eigenvalue weighted by Gasteiger charge is 2.00. The van der Waals surface area contributed by atoms with E-state index < -0.39 is 0 Å². The van der Waals surface area contributed by atoms with Gasteiger partial charge < -0.3 is 5.32 Å². The van der Waals surface area contributed by atoms with E-state index in [-0.39, 0.29) is 0 Å². The summed E-state index contributed by atoms with van der Waals surface area (Å²) in [4.78, 5) is 1.37. The standard InChI is InChI=1S/C14H16BrNS/c1-11-3-2-4-12(9-11)5-7-16-10-14-13(15)6-8-17-14/h2-4,6,8-9,16H,5,7,10H2,1H3. The topological polar surface area (TPSA) is 12.0 Å². The molecule has 3 heteroatoms. The monoisotopic (exact) mass is 309 g/mol. The van der Waals surface area contributed by atoms with Gasteiger partial charge in [-0.1, -0.05) is 29.8 Å². The minimum atomic E-state index is 0.948. The highest BCUT2D eigenvalue weighted by atomic mass is 79.9. The number of aryl methyl sites for hydroxylation is 1. The number of hydrogen-bond acceptors (Lipinski definition) is 2. The zero-order valence-electron chi connectivity index (χ0n) is 9.87. The Labute approximate surface area is 115 Å². The second kappa shape index (κ2) is 6.34. The van der Waals surface area contributed by atoms with Crippen LogP contribution in [-0.4, -0.2) is 6.54 Å². The van der Waals surface area contributed by atoms with Gasteiger partial charge >= 0.3 is 0 Å². The quantitative estimate of drug-likeness (QED) is 0.818. The molecule has 1 heterocycles. The lowest BCUT2D eigenvalue weighted by Gasteiger charge is -2.05. The van der Waals surface area contributed by atoms with E-state index in [1.54, 1.807) is 11.3 Å². The molecule has 1 aromatic heterocycles. The van der Waals surface area contributed by atoms with Gasteiger partial charge in [0.15, 0.2) is 0 Å². The van der Waals surface area contributed by atoms with Gasteiger partial charge in [-0.25, -0.2) is 0 Å². The maximum absolute atomic E-state index is 3.54. The average molecular weight is 310 g/mol. The zero-order chi connectivity index (χ0) is 12.1. The maximum Gasteiger partial charge on any atom is 0.0327 e. The Morgan fingerprint density at radius 2 is 2.18 bits per heavy atom. The summed E-state index contributed by atoms with van der Waals surface area (Å²) in [5.41, 5.74) is 2.74. The predicted molar refractivity (Wildman–Crippen MR) is 78.6 cm³/mol. The molecule has 0 unspecified atom stereocenters. The van der Waals surface area contributed by atoms with Crippen molar-refractivity contribution < 1.29 is 0 Å². The fraction of sp³-hybridized carbons (Fsp3) is 0.286. The largest absolute Gasteiger partial charge is 0.311 e. The summed E-state index contributed by atoms with van der Waals surface area (Å²) >= 11 is 5.33. The number of thiophene rings is 1. The summed E-state index contributed by atoms with van der Waals surface area (Å²) in [7, 11) is 0. The summed E-state index contributed by atoms with van der Waals surface area (Å²) < 4.78 is 1.21. The minimum Gasteiger partial charge on any atom is -0.311 e. The number of hydrogen-bond donors (Lipinski definition) is 1. The van der Waals surface area contributed by atoms with Gasteiger partial charge in [-0.15, -0.1) is 11.3 Å². The Bertz CT molecular complexity index is 479. The lowest BCUT2D eigenvalue weighted by molar-refractivity contribution is 0.692. The summed E-state index contributed by atoms with van der Waals surface area (Å²) in [6, 6.07) is 10.8. The van der Waals surface area contributed by atoms with Crippen LogP contribution in [0.5, 0.6) is 0 Å². The molecule has 0 saturated heterocycles. The van der Waals surface area contributed by atoms with Crippen LogP contribution >= 0.6 is 27.3 Å². The van der Waals surface area contributed by atoms with E-state index in [1.807, 2.05) is 0 Å². The van der Waals surface area contributed by atoms with Crippen LogP contribution < -0.4 is 5.32 Å². The van der Waals surface area contributed by atoms with Crippen molar-refractivity contribution in [1.82, 2.24) is 5.32 Å². The van der Waals surface area contributed by atoms with Crippen molar-refractivity contribution in [1.29, 1.82) is 0 Å². The lowest BCUT2D eigenvalue weighted by Crippen LogP contribution is -2.16. The molecule has 90 valence electrons. The van der Waals surface area contributed by atoms with Crippen LogP contribution in [0.15, 0.2) is 40.2 Å². The first-order valence-corrected chi connectivity index (χ1v) is 7.41. The van der Waals surface area contributed by atoms with Gasteiger partial charge in [0.25, 0.3) is 0 Å². The molecular formula is C14H16BrNS. The molecule has 0 radical (unpaired) electrons. The molecule has 0 atom stereocenters. The minimum absolute atomic E-state index is 0.948. The summed E-state index contributed by atoms with van der Waals surface area (Å²) in [5, 5.41) is 5.59. The van der Waals surface area contributed by atoms with E-state index in [0.29, 0.717) is 0 Å². The summed E-state index contributed by atoms with van der Waals surface area (Å²) in [5.74, 6) is 0. The molecule has 2 rings (SSSR count). The molecule has 0 spiro atoms. The Morgan fingerprint density at radius 3 is 2.88 bits per heavy atom. The van der Waals surface area contributed by atoms with Gasteiger partial charge in [0, 0.05) is 15.9 Å². The molecule has 1 aromatic carbocycles. The molecular weight excluding hydrogens is 294 g/mol. The third-order valence-electron chi connectivity index (χ3n) is 2.65. The second-order valence-electron chi connectivity index (χ2n) is 4.11. The number of nitrogens with one attached hydrogen (secondary N) is 1. The van der Waals surface area contributed by atoms with E-state index in [4.69, 9.17) is 0 Å². The Balaban J connectivity index is 1.75. The van der Waals surface area contributed by atoms with Crippen LogP contribution in [0.3, 0.4) is 0 Å². The normalized spacial score (nSPS) is 10.7. The first-order chi connectivity index (χ1) is 8.25. The van der Waals surface area contributed by atoms with Crippen molar-refractivity contribution in [3.8, 4) is 0 Å². The van der Waals surface area contributed by atoms with Crippen molar-refractivity contribution in [2.45, 2.75) is 19.9 Å². The maximum atomic E-state index is 3.54. The molecule has 1 nitrogen and oxygen atoms in total. The first-order valence-electron chi connectivity index (χ1n) is 5.74. The van der Waals surface area contributed by atoms with E-state index in [2.05, 4.69) is 63.9 Å². The number of benzene rings is 1. The van der Waals surface area contributed by atoms with Gasteiger partial charge in [0.05, 0.1) is 0 Å². The molecule has 0 fully saturated rings. The Kier molecular flexibility index (Phi) is 4.77. The Hall–Kier alpha value is -0.640. The predicted octanol–water partition coefficient (Wildman–Crippen LogP) is 4.15. The second-order valence-corrected chi connectivity index (χ2v) is 5.96. The van der Waals surface area contributed by atoms with Gasteiger partial charge in [-0.2, -0.15) is 0 Å². The van der Waals surface area contributed by atoms with Gasteiger partial charge in [0.1, 0.15) is 0 Å². The number of halogens is 1. The van der Waals surface area contributed by atoms with Crippen LogP contribution in [0.1, 0.15) is 16.0 Å². The van der Waals surface area contributed by atoms with E-state index in [0.717, 1.165) is 19.5 Å². The average Bonchev–Trinajstić information content (AvgIpc) is 2.71. The highest BCUT2D eigenvalue weighted by Crippen LogP contribution is 2.22.